The molecule has 32 heavy (non-hydrogen) atoms. The fourth-order valence-corrected chi connectivity index (χ4v) is 4.42. The number of nitrogens with one attached hydrogen (secondary N) is 2. The van der Waals surface area contributed by atoms with E-state index in [1.165, 1.54) is 5.56 Å². The molecule has 6 nitrogen and oxygen atoms in total. The molecule has 166 valence electrons. The number of hydrogen-bond donors (Lipinski definition) is 2. The Morgan fingerprint density at radius 2 is 1.78 bits per heavy atom. The molecule has 2 N–H and O–H groups in total. The maximum Gasteiger partial charge on any atom is 0.251 e. The average molecular weight is 431 g/mol. The van der Waals surface area contributed by atoms with Gasteiger partial charge >= 0.3 is 0 Å². The van der Waals surface area contributed by atoms with Gasteiger partial charge in [-0.15, -0.1) is 0 Å². The summed E-state index contributed by atoms with van der Waals surface area (Å²) in [6.45, 7) is 10.4. The van der Waals surface area contributed by atoms with Gasteiger partial charge in [0.15, 0.2) is 0 Å². The molecule has 2 aromatic carbocycles. The number of aromatic nitrogens is 2. The minimum absolute atomic E-state index is 0.0244. The first-order valence-electron chi connectivity index (χ1n) is 10.9. The highest BCUT2D eigenvalue weighted by molar-refractivity contribution is 6.04. The number of carbonyl (C=O) groups excluding carboxylic acids is 2. The topological polar surface area (TPSA) is 76.0 Å². The number of anilines is 1. The third kappa shape index (κ3) is 3.93. The summed E-state index contributed by atoms with van der Waals surface area (Å²) in [6, 6.07) is 14.9. The SMILES string of the molecule is Cc1cccc(C(=O)NC2C(=O)Nc3c(c(C)nn3C)C2c2ccc(C(C)(C)C)cc2)c1. The van der Waals surface area contributed by atoms with Crippen LogP contribution in [0.5, 0.6) is 0 Å². The van der Waals surface area contributed by atoms with Crippen molar-refractivity contribution in [1.29, 1.82) is 0 Å². The first-order chi connectivity index (χ1) is 15.1. The van der Waals surface area contributed by atoms with Crippen molar-refractivity contribution >= 4 is 17.6 Å². The predicted octanol–water partition coefficient (Wildman–Crippen LogP) is 4.22. The second-order valence-corrected chi connectivity index (χ2v) is 9.63. The van der Waals surface area contributed by atoms with E-state index in [4.69, 9.17) is 0 Å². The van der Waals surface area contributed by atoms with Crippen LogP contribution in [-0.2, 0) is 17.3 Å². The summed E-state index contributed by atoms with van der Waals surface area (Å²) < 4.78 is 1.69. The van der Waals surface area contributed by atoms with Crippen molar-refractivity contribution in [3.8, 4) is 0 Å². The molecule has 4 rings (SSSR count). The minimum atomic E-state index is -0.751. The van der Waals surface area contributed by atoms with Crippen LogP contribution in [0.4, 0.5) is 5.82 Å². The lowest BCUT2D eigenvalue weighted by atomic mass is 9.80. The van der Waals surface area contributed by atoms with E-state index in [-0.39, 0.29) is 23.1 Å². The maximum absolute atomic E-state index is 13.2. The highest BCUT2D eigenvalue weighted by Gasteiger charge is 2.41. The summed E-state index contributed by atoms with van der Waals surface area (Å²) in [5.41, 5.74) is 5.51. The van der Waals surface area contributed by atoms with E-state index in [9.17, 15) is 9.59 Å². The highest BCUT2D eigenvalue weighted by Crippen LogP contribution is 2.39. The molecule has 1 aromatic heterocycles. The normalized spacial score (nSPS) is 18.1. The van der Waals surface area contributed by atoms with Crippen molar-refractivity contribution in [1.82, 2.24) is 15.1 Å². The molecule has 3 aromatic rings. The summed E-state index contributed by atoms with van der Waals surface area (Å²) in [6.07, 6.45) is 0. The van der Waals surface area contributed by atoms with Gasteiger partial charge in [-0.2, -0.15) is 5.10 Å². The van der Waals surface area contributed by atoms with Gasteiger partial charge in [-0.1, -0.05) is 62.7 Å². The van der Waals surface area contributed by atoms with Gasteiger partial charge in [-0.05, 0) is 42.5 Å². The Bertz CT molecular complexity index is 1190. The number of benzene rings is 2. The Morgan fingerprint density at radius 1 is 1.09 bits per heavy atom. The molecule has 1 aliphatic rings. The lowest BCUT2D eigenvalue weighted by molar-refractivity contribution is -0.118. The average Bonchev–Trinajstić information content (AvgIpc) is 3.01. The van der Waals surface area contributed by atoms with Crippen molar-refractivity contribution in [3.05, 3.63) is 82.0 Å². The van der Waals surface area contributed by atoms with Gasteiger partial charge in [0.25, 0.3) is 5.91 Å². The van der Waals surface area contributed by atoms with Gasteiger partial charge < -0.3 is 10.6 Å². The lowest BCUT2D eigenvalue weighted by Crippen LogP contribution is -2.50. The molecule has 2 amide bonds. The molecule has 2 heterocycles. The van der Waals surface area contributed by atoms with Crippen molar-refractivity contribution in [2.45, 2.75) is 52.0 Å². The molecule has 0 saturated carbocycles. The van der Waals surface area contributed by atoms with Crippen LogP contribution >= 0.6 is 0 Å². The monoisotopic (exact) mass is 430 g/mol. The van der Waals surface area contributed by atoms with Crippen LogP contribution in [0.1, 0.15) is 65.0 Å². The van der Waals surface area contributed by atoms with Crippen LogP contribution in [0, 0.1) is 13.8 Å². The number of rotatable bonds is 3. The summed E-state index contributed by atoms with van der Waals surface area (Å²) >= 11 is 0. The zero-order chi connectivity index (χ0) is 23.2. The third-order valence-electron chi connectivity index (χ3n) is 6.14. The summed E-state index contributed by atoms with van der Waals surface area (Å²) in [7, 11) is 1.82. The van der Waals surface area contributed by atoms with Crippen LogP contribution in [0.15, 0.2) is 48.5 Å². The first kappa shape index (κ1) is 21.8. The maximum atomic E-state index is 13.2. The first-order valence-corrected chi connectivity index (χ1v) is 10.9. The zero-order valence-corrected chi connectivity index (χ0v) is 19.5. The second-order valence-electron chi connectivity index (χ2n) is 9.63. The fraction of sp³-hybridized carbons (Fsp3) is 0.346. The molecule has 0 aliphatic carbocycles. The Morgan fingerprint density at radius 3 is 2.41 bits per heavy atom. The highest BCUT2D eigenvalue weighted by atomic mass is 16.2. The smallest absolute Gasteiger partial charge is 0.251 e. The Labute approximate surface area is 189 Å². The van der Waals surface area contributed by atoms with Crippen molar-refractivity contribution in [2.75, 3.05) is 5.32 Å². The second kappa shape index (κ2) is 7.93. The number of nitrogens with zero attached hydrogens (tertiary/aromatic N) is 2. The molecular weight excluding hydrogens is 400 g/mol. The number of aryl methyl sites for hydroxylation is 3. The van der Waals surface area contributed by atoms with Gasteiger partial charge in [0.05, 0.1) is 5.69 Å². The van der Waals surface area contributed by atoms with Crippen molar-refractivity contribution in [3.63, 3.8) is 0 Å². The lowest BCUT2D eigenvalue weighted by Gasteiger charge is -2.33. The molecular formula is C26H30N4O2. The number of fused-ring (bicyclic) bond motifs is 1. The van der Waals surface area contributed by atoms with E-state index in [0.29, 0.717) is 11.4 Å². The fourth-order valence-electron chi connectivity index (χ4n) is 4.42. The molecule has 2 unspecified atom stereocenters. The van der Waals surface area contributed by atoms with E-state index < -0.39 is 6.04 Å². The molecule has 6 heteroatoms. The quantitative estimate of drug-likeness (QED) is 0.653. The van der Waals surface area contributed by atoms with E-state index in [0.717, 1.165) is 22.4 Å². The van der Waals surface area contributed by atoms with Gasteiger partial charge in [0.1, 0.15) is 11.9 Å². The van der Waals surface area contributed by atoms with Gasteiger partial charge in [0, 0.05) is 24.1 Å². The molecule has 0 bridgehead atoms. The molecule has 0 radical (unpaired) electrons. The van der Waals surface area contributed by atoms with Crippen LogP contribution in [-0.4, -0.2) is 27.6 Å². The Hall–Kier alpha value is -3.41. The number of amides is 2. The molecule has 0 fully saturated rings. The molecule has 1 aliphatic heterocycles. The van der Waals surface area contributed by atoms with Gasteiger partial charge in [0.2, 0.25) is 5.91 Å². The van der Waals surface area contributed by atoms with Crippen molar-refractivity contribution < 1.29 is 9.59 Å². The largest absolute Gasteiger partial charge is 0.339 e. The van der Waals surface area contributed by atoms with Crippen LogP contribution in [0.3, 0.4) is 0 Å². The summed E-state index contributed by atoms with van der Waals surface area (Å²) in [5, 5.41) is 10.5. The van der Waals surface area contributed by atoms with E-state index in [1.54, 1.807) is 10.7 Å². The minimum Gasteiger partial charge on any atom is -0.339 e. The number of carbonyl (C=O) groups is 2. The van der Waals surface area contributed by atoms with Gasteiger partial charge in [-0.25, -0.2) is 0 Å². The van der Waals surface area contributed by atoms with E-state index >= 15 is 0 Å². The van der Waals surface area contributed by atoms with E-state index in [2.05, 4.69) is 60.8 Å². The molecule has 2 atom stereocenters. The van der Waals surface area contributed by atoms with Crippen LogP contribution in [0.25, 0.3) is 0 Å². The standard InChI is InChI=1S/C26H30N4O2/c1-15-8-7-9-18(14-15)24(31)27-22-21(17-10-12-19(13-11-17)26(3,4)5)20-16(2)29-30(6)23(20)28-25(22)32/h7-14,21-22H,1-6H3,(H,27,31)(H,28,32). The Balaban J connectivity index is 1.78. The molecule has 0 saturated heterocycles. The summed E-state index contributed by atoms with van der Waals surface area (Å²) in [5.74, 6) is -0.171. The third-order valence-corrected chi connectivity index (χ3v) is 6.14. The van der Waals surface area contributed by atoms with Crippen molar-refractivity contribution in [2.24, 2.45) is 7.05 Å². The predicted molar refractivity (Wildman–Crippen MR) is 126 cm³/mol. The van der Waals surface area contributed by atoms with E-state index in [1.807, 2.05) is 39.1 Å². The zero-order valence-electron chi connectivity index (χ0n) is 19.5. The van der Waals surface area contributed by atoms with Gasteiger partial charge in [-0.3, -0.25) is 14.3 Å². The Kier molecular flexibility index (Phi) is 5.41. The van der Waals surface area contributed by atoms with Crippen LogP contribution < -0.4 is 10.6 Å². The van der Waals surface area contributed by atoms with Crippen LogP contribution in [0.2, 0.25) is 0 Å². The summed E-state index contributed by atoms with van der Waals surface area (Å²) in [4.78, 5) is 26.3. The molecule has 0 spiro atoms. The number of hydrogen-bond acceptors (Lipinski definition) is 3.